The molecule has 258 valence electrons. The summed E-state index contributed by atoms with van der Waals surface area (Å²) in [5.74, 6) is 3.42. The Labute approximate surface area is 288 Å². The van der Waals surface area contributed by atoms with E-state index in [0.717, 1.165) is 49.7 Å². The molecule has 9 nitrogen and oxygen atoms in total. The van der Waals surface area contributed by atoms with E-state index < -0.39 is 0 Å². The first-order valence-electron chi connectivity index (χ1n) is 17.8. The summed E-state index contributed by atoms with van der Waals surface area (Å²) in [6.07, 6.45) is 7.20. The van der Waals surface area contributed by atoms with Crippen LogP contribution in [0.3, 0.4) is 0 Å². The Hall–Kier alpha value is -4.31. The maximum Gasteiger partial charge on any atom is 0.261 e. The standard InChI is InChI=1S/C39H48FN7O2/c1-6-28-23-46(17-15-42-28)38(45-34-19-27-18-32(24(34)2)39(27,3)4)43-29-10-12-31-35(20-29)44-36(26-8-7-14-41-22-26)47(37(31)48)16-13-25-9-11-30(49-5)21-33(25)40/h7-12,14,20-22,24,27-28,32,34,42H,6,13,15-19,23H2,1-5H3,(H,43,45)/t24-,27-,28-,32+,34-/m0/s1. The van der Waals surface area contributed by atoms with Crippen LogP contribution in [0.1, 0.15) is 52.5 Å². The van der Waals surface area contributed by atoms with E-state index in [1.165, 1.54) is 19.6 Å². The van der Waals surface area contributed by atoms with Gasteiger partial charge in [0.2, 0.25) is 0 Å². The molecule has 3 saturated carbocycles. The predicted molar refractivity (Wildman–Crippen MR) is 194 cm³/mol. The number of hydrogen-bond acceptors (Lipinski definition) is 6. The van der Waals surface area contributed by atoms with Crippen LogP contribution in [0.15, 0.2) is 70.7 Å². The number of aliphatic imine (C=N–C) groups is 1. The van der Waals surface area contributed by atoms with Crippen LogP contribution in [0.5, 0.6) is 5.75 Å². The van der Waals surface area contributed by atoms with Crippen molar-refractivity contribution >= 4 is 22.5 Å². The third-order valence-corrected chi connectivity index (χ3v) is 11.6. The van der Waals surface area contributed by atoms with Gasteiger partial charge in [-0.05, 0) is 90.8 Å². The number of nitrogens with zero attached hydrogens (tertiary/aromatic N) is 5. The zero-order chi connectivity index (χ0) is 34.3. The van der Waals surface area contributed by atoms with Gasteiger partial charge in [0, 0.05) is 61.9 Å². The van der Waals surface area contributed by atoms with E-state index in [0.29, 0.717) is 63.7 Å². The Morgan fingerprint density at radius 2 is 2.04 bits per heavy atom. The van der Waals surface area contributed by atoms with Crippen molar-refractivity contribution in [2.45, 2.75) is 72.0 Å². The molecule has 0 unspecified atom stereocenters. The molecule has 0 amide bonds. The van der Waals surface area contributed by atoms with Gasteiger partial charge in [0.25, 0.3) is 5.56 Å². The van der Waals surface area contributed by atoms with Crippen molar-refractivity contribution in [3.05, 3.63) is 82.7 Å². The van der Waals surface area contributed by atoms with Gasteiger partial charge >= 0.3 is 0 Å². The van der Waals surface area contributed by atoms with Crippen molar-refractivity contribution in [3.63, 3.8) is 0 Å². The molecule has 1 saturated heterocycles. The zero-order valence-corrected chi connectivity index (χ0v) is 29.2. The van der Waals surface area contributed by atoms with Crippen molar-refractivity contribution in [1.29, 1.82) is 0 Å². The van der Waals surface area contributed by atoms with Crippen LogP contribution in [0.25, 0.3) is 22.3 Å². The largest absolute Gasteiger partial charge is 0.497 e. The first kappa shape index (κ1) is 33.2. The molecule has 4 fully saturated rings. The van der Waals surface area contributed by atoms with Gasteiger partial charge in [-0.15, -0.1) is 0 Å². The van der Waals surface area contributed by atoms with Crippen LogP contribution < -0.4 is 20.9 Å². The first-order chi connectivity index (χ1) is 23.7. The number of pyridine rings is 1. The molecule has 4 aliphatic rings. The monoisotopic (exact) mass is 665 g/mol. The molecule has 2 aromatic heterocycles. The number of ether oxygens (including phenoxy) is 1. The Morgan fingerprint density at radius 3 is 2.76 bits per heavy atom. The Balaban J connectivity index is 1.23. The Bertz CT molecular complexity index is 1910. The van der Waals surface area contributed by atoms with Crippen LogP contribution >= 0.6 is 0 Å². The number of aryl methyl sites for hydroxylation is 1. The summed E-state index contributed by atoms with van der Waals surface area (Å²) in [5.41, 5.74) is 2.87. The van der Waals surface area contributed by atoms with Crippen LogP contribution in [0.2, 0.25) is 0 Å². The number of piperazine rings is 1. The molecule has 2 bridgehead atoms. The van der Waals surface area contributed by atoms with E-state index in [9.17, 15) is 9.18 Å². The molecule has 10 heteroatoms. The van der Waals surface area contributed by atoms with Crippen LogP contribution in [0, 0.1) is 29.0 Å². The average molecular weight is 666 g/mol. The molecular formula is C39H48FN7O2. The van der Waals surface area contributed by atoms with Gasteiger partial charge in [0.1, 0.15) is 17.4 Å². The lowest BCUT2D eigenvalue weighted by Gasteiger charge is -2.61. The quantitative estimate of drug-likeness (QED) is 0.167. The molecule has 4 aromatic rings. The molecule has 0 radical (unpaired) electrons. The lowest BCUT2D eigenvalue weighted by molar-refractivity contribution is -0.108. The number of rotatable bonds is 8. The van der Waals surface area contributed by atoms with Gasteiger partial charge in [-0.25, -0.2) is 14.4 Å². The topological polar surface area (TPSA) is 96.7 Å². The van der Waals surface area contributed by atoms with Crippen LogP contribution in [0.4, 0.5) is 10.1 Å². The molecule has 3 heterocycles. The highest BCUT2D eigenvalue weighted by atomic mass is 19.1. The van der Waals surface area contributed by atoms with Crippen LogP contribution in [-0.4, -0.2) is 64.2 Å². The maximum absolute atomic E-state index is 14.8. The van der Waals surface area contributed by atoms with E-state index in [1.54, 1.807) is 29.1 Å². The van der Waals surface area contributed by atoms with Crippen molar-refractivity contribution in [1.82, 2.24) is 24.8 Å². The number of nitrogens with one attached hydrogen (secondary N) is 2. The second-order valence-electron chi connectivity index (χ2n) is 14.7. The Kier molecular flexibility index (Phi) is 9.17. The molecule has 2 N–H and O–H groups in total. The van der Waals surface area contributed by atoms with E-state index in [2.05, 4.69) is 48.2 Å². The van der Waals surface area contributed by atoms with Crippen LogP contribution in [-0.2, 0) is 13.0 Å². The summed E-state index contributed by atoms with van der Waals surface area (Å²) in [6.45, 7) is 12.4. The SMILES string of the molecule is CC[C@H]1CN(C(=N[C@H]2C[C@@H]3C[C@H]([C@@H]2C)C3(C)C)Nc2ccc3c(=O)n(CCc4ccc(OC)cc4F)c(-c4cccnc4)nc3c2)CCN1. The van der Waals surface area contributed by atoms with Gasteiger partial charge in [0.15, 0.2) is 5.96 Å². The van der Waals surface area contributed by atoms with Crippen molar-refractivity contribution in [2.24, 2.45) is 28.2 Å². The fraction of sp³-hybridized carbons (Fsp3) is 0.487. The van der Waals surface area contributed by atoms with Gasteiger partial charge < -0.3 is 20.3 Å². The first-order valence-corrected chi connectivity index (χ1v) is 17.8. The number of guanidine groups is 1. The third kappa shape index (κ3) is 6.43. The molecule has 1 aliphatic heterocycles. The fourth-order valence-corrected chi connectivity index (χ4v) is 8.38. The van der Waals surface area contributed by atoms with E-state index >= 15 is 0 Å². The normalized spacial score (nSPS) is 24.8. The van der Waals surface area contributed by atoms with E-state index in [1.807, 2.05) is 30.3 Å². The molecule has 0 spiro atoms. The number of fused-ring (bicyclic) bond motifs is 3. The highest BCUT2D eigenvalue weighted by molar-refractivity contribution is 5.96. The molecule has 8 rings (SSSR count). The second kappa shape index (κ2) is 13.5. The lowest BCUT2D eigenvalue weighted by atomic mass is 9.45. The van der Waals surface area contributed by atoms with E-state index in [4.69, 9.17) is 14.7 Å². The lowest BCUT2D eigenvalue weighted by Crippen LogP contribution is -2.57. The molecule has 3 aliphatic carbocycles. The van der Waals surface area contributed by atoms with Crippen molar-refractivity contribution in [2.75, 3.05) is 32.1 Å². The third-order valence-electron chi connectivity index (χ3n) is 11.6. The Morgan fingerprint density at radius 1 is 1.18 bits per heavy atom. The summed E-state index contributed by atoms with van der Waals surface area (Å²) in [5, 5.41) is 7.84. The number of methoxy groups -OCH3 is 1. The average Bonchev–Trinajstić information content (AvgIpc) is 3.12. The summed E-state index contributed by atoms with van der Waals surface area (Å²) >= 11 is 0. The molecule has 5 atom stereocenters. The number of benzene rings is 2. The summed E-state index contributed by atoms with van der Waals surface area (Å²) in [6, 6.07) is 14.9. The van der Waals surface area contributed by atoms with Crippen molar-refractivity contribution < 1.29 is 9.13 Å². The summed E-state index contributed by atoms with van der Waals surface area (Å²) in [4.78, 5) is 31.3. The number of aromatic nitrogens is 3. The molecular weight excluding hydrogens is 617 g/mol. The molecule has 49 heavy (non-hydrogen) atoms. The summed E-state index contributed by atoms with van der Waals surface area (Å²) < 4.78 is 21.6. The van der Waals surface area contributed by atoms with Gasteiger partial charge in [-0.3, -0.25) is 14.3 Å². The minimum Gasteiger partial charge on any atom is -0.497 e. The molecule has 2 aromatic carbocycles. The highest BCUT2D eigenvalue weighted by Gasteiger charge is 2.56. The van der Waals surface area contributed by atoms with Gasteiger partial charge in [-0.1, -0.05) is 33.8 Å². The summed E-state index contributed by atoms with van der Waals surface area (Å²) in [7, 11) is 1.51. The fourth-order valence-electron chi connectivity index (χ4n) is 8.38. The smallest absolute Gasteiger partial charge is 0.261 e. The highest BCUT2D eigenvalue weighted by Crippen LogP contribution is 2.61. The van der Waals surface area contributed by atoms with Crippen molar-refractivity contribution in [3.8, 4) is 17.1 Å². The van der Waals surface area contributed by atoms with Gasteiger partial charge in [0.05, 0.1) is 24.1 Å². The predicted octanol–water partition coefficient (Wildman–Crippen LogP) is 6.37. The van der Waals surface area contributed by atoms with E-state index in [-0.39, 0.29) is 24.0 Å². The number of halogens is 1. The number of hydrogen-bond donors (Lipinski definition) is 2. The minimum atomic E-state index is -0.365. The number of anilines is 1. The van der Waals surface area contributed by atoms with Gasteiger partial charge in [-0.2, -0.15) is 0 Å². The minimum absolute atomic E-state index is 0.177. The second-order valence-corrected chi connectivity index (χ2v) is 14.7. The maximum atomic E-state index is 14.8. The zero-order valence-electron chi connectivity index (χ0n) is 29.2.